The predicted octanol–water partition coefficient (Wildman–Crippen LogP) is 2.65. The van der Waals surface area contributed by atoms with Crippen LogP contribution >= 0.6 is 0 Å². The molecule has 2 aliphatic rings. The van der Waals surface area contributed by atoms with E-state index in [2.05, 4.69) is 10.2 Å². The highest BCUT2D eigenvalue weighted by Crippen LogP contribution is 2.27. The van der Waals surface area contributed by atoms with Crippen molar-refractivity contribution < 1.29 is 9.72 Å². The number of carbonyl (C=O) groups is 1. The average Bonchev–Trinajstić information content (AvgIpc) is 3.16. The quantitative estimate of drug-likeness (QED) is 0.623. The molecule has 2 fully saturated rings. The minimum atomic E-state index is -0.356. The van der Waals surface area contributed by atoms with E-state index in [1.54, 1.807) is 19.1 Å². The standard InChI is InChI=1S/C19H28N4O3/c1-15-14-17(6-7-18(15)23(25)26)20-8-9-21-10-12-22(13-11-21)19(24)16-4-2-3-5-16/h6-7,14,16,20H,2-5,8-13H2,1H3. The first-order valence-electron chi connectivity index (χ1n) is 9.54. The third kappa shape index (κ3) is 4.52. The average molecular weight is 360 g/mol. The predicted molar refractivity (Wildman–Crippen MR) is 101 cm³/mol. The van der Waals surface area contributed by atoms with Crippen molar-refractivity contribution in [2.24, 2.45) is 5.92 Å². The van der Waals surface area contributed by atoms with Crippen LogP contribution in [0.2, 0.25) is 0 Å². The van der Waals surface area contributed by atoms with Gasteiger partial charge in [0.2, 0.25) is 5.91 Å². The molecular weight excluding hydrogens is 332 g/mol. The Morgan fingerprint density at radius 1 is 1.23 bits per heavy atom. The van der Waals surface area contributed by atoms with Crippen LogP contribution in [0, 0.1) is 23.0 Å². The summed E-state index contributed by atoms with van der Waals surface area (Å²) in [5.41, 5.74) is 1.72. The summed E-state index contributed by atoms with van der Waals surface area (Å²) in [6.07, 6.45) is 4.53. The number of hydrogen-bond donors (Lipinski definition) is 1. The summed E-state index contributed by atoms with van der Waals surface area (Å²) < 4.78 is 0. The van der Waals surface area contributed by atoms with Gasteiger partial charge in [0.05, 0.1) is 4.92 Å². The molecule has 1 heterocycles. The van der Waals surface area contributed by atoms with Crippen LogP contribution in [-0.4, -0.2) is 59.9 Å². The van der Waals surface area contributed by atoms with Crippen LogP contribution in [0.5, 0.6) is 0 Å². The van der Waals surface area contributed by atoms with Gasteiger partial charge in [-0.25, -0.2) is 0 Å². The van der Waals surface area contributed by atoms with Gasteiger partial charge in [-0.05, 0) is 31.9 Å². The minimum Gasteiger partial charge on any atom is -0.384 e. The maximum absolute atomic E-state index is 12.5. The van der Waals surface area contributed by atoms with Crippen LogP contribution in [0.1, 0.15) is 31.2 Å². The number of amides is 1. The summed E-state index contributed by atoms with van der Waals surface area (Å²) in [4.78, 5) is 27.4. The normalized spacial score (nSPS) is 18.9. The fourth-order valence-electron chi connectivity index (χ4n) is 3.95. The van der Waals surface area contributed by atoms with Crippen molar-refractivity contribution in [3.05, 3.63) is 33.9 Å². The maximum Gasteiger partial charge on any atom is 0.272 e. The van der Waals surface area contributed by atoms with Crippen LogP contribution in [0.25, 0.3) is 0 Å². The lowest BCUT2D eigenvalue weighted by Gasteiger charge is -2.36. The summed E-state index contributed by atoms with van der Waals surface area (Å²) >= 11 is 0. The van der Waals surface area contributed by atoms with E-state index in [-0.39, 0.29) is 16.5 Å². The van der Waals surface area contributed by atoms with Crippen molar-refractivity contribution in [1.82, 2.24) is 9.80 Å². The zero-order valence-corrected chi connectivity index (χ0v) is 15.4. The van der Waals surface area contributed by atoms with E-state index in [1.165, 1.54) is 12.8 Å². The lowest BCUT2D eigenvalue weighted by molar-refractivity contribution is -0.385. The van der Waals surface area contributed by atoms with Crippen molar-refractivity contribution >= 4 is 17.3 Å². The van der Waals surface area contributed by atoms with Crippen molar-refractivity contribution in [3.8, 4) is 0 Å². The number of nitro groups is 1. The molecule has 142 valence electrons. The van der Waals surface area contributed by atoms with Crippen molar-refractivity contribution in [1.29, 1.82) is 0 Å². The number of nitro benzene ring substituents is 1. The molecule has 1 aromatic rings. The summed E-state index contributed by atoms with van der Waals surface area (Å²) in [6.45, 7) is 6.93. The molecule has 0 aromatic heterocycles. The van der Waals surface area contributed by atoms with E-state index in [0.717, 1.165) is 57.8 Å². The molecule has 0 bridgehead atoms. The first kappa shape index (κ1) is 18.6. The summed E-state index contributed by atoms with van der Waals surface area (Å²) in [5, 5.41) is 14.2. The molecule has 0 unspecified atom stereocenters. The van der Waals surface area contributed by atoms with Gasteiger partial charge in [-0.3, -0.25) is 19.8 Å². The van der Waals surface area contributed by atoms with E-state index in [9.17, 15) is 14.9 Å². The highest BCUT2D eigenvalue weighted by Gasteiger charge is 2.29. The zero-order valence-electron chi connectivity index (χ0n) is 15.4. The molecule has 1 N–H and O–H groups in total. The van der Waals surface area contributed by atoms with Gasteiger partial charge in [-0.1, -0.05) is 12.8 Å². The molecule has 26 heavy (non-hydrogen) atoms. The molecule has 1 aliphatic carbocycles. The molecule has 1 aromatic carbocycles. The zero-order chi connectivity index (χ0) is 18.5. The Labute approximate surface area is 154 Å². The van der Waals surface area contributed by atoms with E-state index in [0.29, 0.717) is 11.5 Å². The molecule has 0 spiro atoms. The van der Waals surface area contributed by atoms with Gasteiger partial charge in [-0.15, -0.1) is 0 Å². The second-order valence-electron chi connectivity index (χ2n) is 7.33. The Morgan fingerprint density at radius 3 is 2.54 bits per heavy atom. The molecule has 1 saturated heterocycles. The van der Waals surface area contributed by atoms with Gasteiger partial charge in [-0.2, -0.15) is 0 Å². The first-order valence-corrected chi connectivity index (χ1v) is 9.54. The summed E-state index contributed by atoms with van der Waals surface area (Å²) in [7, 11) is 0. The molecule has 7 nitrogen and oxygen atoms in total. The van der Waals surface area contributed by atoms with E-state index >= 15 is 0 Å². The third-order valence-corrected chi connectivity index (χ3v) is 5.54. The Hall–Kier alpha value is -2.15. The molecule has 7 heteroatoms. The number of aryl methyl sites for hydroxylation is 1. The number of anilines is 1. The Kier molecular flexibility index (Phi) is 6.08. The van der Waals surface area contributed by atoms with Crippen molar-refractivity contribution in [2.75, 3.05) is 44.6 Å². The Balaban J connectivity index is 1.39. The van der Waals surface area contributed by atoms with E-state index < -0.39 is 0 Å². The number of benzene rings is 1. The fraction of sp³-hybridized carbons (Fsp3) is 0.632. The van der Waals surface area contributed by atoms with Crippen molar-refractivity contribution in [2.45, 2.75) is 32.6 Å². The maximum atomic E-state index is 12.5. The van der Waals surface area contributed by atoms with Gasteiger partial charge in [0.1, 0.15) is 0 Å². The number of rotatable bonds is 6. The highest BCUT2D eigenvalue weighted by atomic mass is 16.6. The number of hydrogen-bond acceptors (Lipinski definition) is 5. The van der Waals surface area contributed by atoms with Crippen LogP contribution in [0.4, 0.5) is 11.4 Å². The molecule has 3 rings (SSSR count). The highest BCUT2D eigenvalue weighted by molar-refractivity contribution is 5.79. The monoisotopic (exact) mass is 360 g/mol. The van der Waals surface area contributed by atoms with E-state index in [4.69, 9.17) is 0 Å². The molecule has 1 aliphatic heterocycles. The molecule has 0 radical (unpaired) electrons. The number of nitrogens with zero attached hydrogens (tertiary/aromatic N) is 3. The second kappa shape index (κ2) is 8.49. The molecule has 0 atom stereocenters. The van der Waals surface area contributed by atoms with Gasteiger partial charge in [0, 0.05) is 62.5 Å². The molecule has 1 amide bonds. The summed E-state index contributed by atoms with van der Waals surface area (Å²) in [5.74, 6) is 0.634. The number of carbonyl (C=O) groups excluding carboxylic acids is 1. The van der Waals surface area contributed by atoms with Crippen LogP contribution in [0.15, 0.2) is 18.2 Å². The van der Waals surface area contributed by atoms with E-state index in [1.807, 2.05) is 11.0 Å². The topological polar surface area (TPSA) is 78.7 Å². The van der Waals surface area contributed by atoms with Gasteiger partial charge in [0.15, 0.2) is 0 Å². The SMILES string of the molecule is Cc1cc(NCCN2CCN(C(=O)C3CCCC3)CC2)ccc1[N+](=O)[O-]. The third-order valence-electron chi connectivity index (χ3n) is 5.54. The molecular formula is C19H28N4O3. The lowest BCUT2D eigenvalue weighted by atomic mass is 10.1. The second-order valence-corrected chi connectivity index (χ2v) is 7.33. The summed E-state index contributed by atoms with van der Waals surface area (Å²) in [6, 6.07) is 5.12. The van der Waals surface area contributed by atoms with Crippen LogP contribution in [-0.2, 0) is 4.79 Å². The number of nitrogens with one attached hydrogen (secondary N) is 1. The van der Waals surface area contributed by atoms with Crippen molar-refractivity contribution in [3.63, 3.8) is 0 Å². The Morgan fingerprint density at radius 2 is 1.92 bits per heavy atom. The fourth-order valence-corrected chi connectivity index (χ4v) is 3.95. The minimum absolute atomic E-state index is 0.151. The Bertz CT molecular complexity index is 650. The van der Waals surface area contributed by atoms with Gasteiger partial charge in [0.25, 0.3) is 5.69 Å². The van der Waals surface area contributed by atoms with Crippen LogP contribution in [0.3, 0.4) is 0 Å². The largest absolute Gasteiger partial charge is 0.384 e. The lowest BCUT2D eigenvalue weighted by Crippen LogP contribution is -2.50. The van der Waals surface area contributed by atoms with Gasteiger partial charge >= 0.3 is 0 Å². The van der Waals surface area contributed by atoms with Gasteiger partial charge < -0.3 is 10.2 Å². The smallest absolute Gasteiger partial charge is 0.272 e. The van der Waals surface area contributed by atoms with Crippen LogP contribution < -0.4 is 5.32 Å². The first-order chi connectivity index (χ1) is 12.5. The number of piperazine rings is 1. The molecule has 1 saturated carbocycles.